The SMILES string of the molecule is Cc1cccc(C)c1NC(=O)C(=O)NCCc1csc(-c2ccc(F)cc2)n1. The van der Waals surface area contributed by atoms with Gasteiger partial charge in [0.1, 0.15) is 10.8 Å². The Labute approximate surface area is 166 Å². The van der Waals surface area contributed by atoms with Crippen molar-refractivity contribution >= 4 is 28.8 Å². The molecule has 0 unspecified atom stereocenters. The number of hydrogen-bond donors (Lipinski definition) is 2. The fourth-order valence-corrected chi connectivity index (χ4v) is 3.57. The molecule has 0 aliphatic heterocycles. The molecule has 0 aliphatic rings. The third-order valence-electron chi connectivity index (χ3n) is 4.24. The normalized spacial score (nSPS) is 10.5. The highest BCUT2D eigenvalue weighted by Gasteiger charge is 2.15. The number of rotatable bonds is 5. The molecule has 0 bridgehead atoms. The Hall–Kier alpha value is -3.06. The monoisotopic (exact) mass is 397 g/mol. The smallest absolute Gasteiger partial charge is 0.313 e. The van der Waals surface area contributed by atoms with E-state index in [0.717, 1.165) is 27.4 Å². The van der Waals surface area contributed by atoms with Gasteiger partial charge in [0.2, 0.25) is 0 Å². The Morgan fingerprint density at radius 1 is 1.04 bits per heavy atom. The fraction of sp³-hybridized carbons (Fsp3) is 0.190. The number of nitrogens with zero attached hydrogens (tertiary/aromatic N) is 1. The van der Waals surface area contributed by atoms with E-state index in [2.05, 4.69) is 15.6 Å². The Balaban J connectivity index is 1.51. The molecule has 0 spiro atoms. The van der Waals surface area contributed by atoms with Gasteiger partial charge in [0.25, 0.3) is 0 Å². The molecule has 0 atom stereocenters. The lowest BCUT2D eigenvalue weighted by Gasteiger charge is -2.11. The van der Waals surface area contributed by atoms with Gasteiger partial charge in [-0.1, -0.05) is 18.2 Å². The largest absolute Gasteiger partial charge is 0.347 e. The quantitative estimate of drug-likeness (QED) is 0.642. The molecule has 0 aliphatic carbocycles. The van der Waals surface area contributed by atoms with Gasteiger partial charge in [0.15, 0.2) is 0 Å². The van der Waals surface area contributed by atoms with E-state index in [-0.39, 0.29) is 5.82 Å². The van der Waals surface area contributed by atoms with Crippen LogP contribution in [0.5, 0.6) is 0 Å². The van der Waals surface area contributed by atoms with Crippen LogP contribution in [-0.2, 0) is 16.0 Å². The lowest BCUT2D eigenvalue weighted by atomic mass is 10.1. The van der Waals surface area contributed by atoms with E-state index in [1.165, 1.54) is 23.5 Å². The van der Waals surface area contributed by atoms with Crippen LogP contribution in [0.4, 0.5) is 10.1 Å². The van der Waals surface area contributed by atoms with Crippen LogP contribution in [0.2, 0.25) is 0 Å². The van der Waals surface area contributed by atoms with Crippen molar-refractivity contribution in [3.63, 3.8) is 0 Å². The number of carbonyl (C=O) groups is 2. The number of halogens is 1. The zero-order valence-corrected chi connectivity index (χ0v) is 16.4. The van der Waals surface area contributed by atoms with Crippen molar-refractivity contribution in [3.05, 3.63) is 70.5 Å². The van der Waals surface area contributed by atoms with Crippen molar-refractivity contribution in [2.24, 2.45) is 0 Å². The number of anilines is 1. The number of carbonyl (C=O) groups excluding carboxylic acids is 2. The van der Waals surface area contributed by atoms with E-state index in [9.17, 15) is 14.0 Å². The van der Waals surface area contributed by atoms with Crippen LogP contribution in [-0.4, -0.2) is 23.3 Å². The number of benzene rings is 2. The first-order valence-electron chi connectivity index (χ1n) is 8.80. The van der Waals surface area contributed by atoms with Gasteiger partial charge < -0.3 is 10.6 Å². The van der Waals surface area contributed by atoms with Crippen LogP contribution in [0, 0.1) is 19.7 Å². The fourth-order valence-electron chi connectivity index (χ4n) is 2.71. The maximum atomic E-state index is 13.0. The highest BCUT2D eigenvalue weighted by molar-refractivity contribution is 7.13. The zero-order valence-electron chi connectivity index (χ0n) is 15.6. The predicted octanol–water partition coefficient (Wildman–Crippen LogP) is 3.86. The summed E-state index contributed by atoms with van der Waals surface area (Å²) in [6.07, 6.45) is 0.500. The minimum Gasteiger partial charge on any atom is -0.347 e. The Bertz CT molecular complexity index is 979. The molecule has 3 rings (SSSR count). The average molecular weight is 397 g/mol. The summed E-state index contributed by atoms with van der Waals surface area (Å²) in [6.45, 7) is 4.05. The Kier molecular flexibility index (Phi) is 6.16. The molecule has 0 radical (unpaired) electrons. The summed E-state index contributed by atoms with van der Waals surface area (Å²) in [7, 11) is 0. The van der Waals surface area contributed by atoms with Crippen LogP contribution in [0.15, 0.2) is 47.8 Å². The lowest BCUT2D eigenvalue weighted by Crippen LogP contribution is -2.36. The molecule has 2 amide bonds. The summed E-state index contributed by atoms with van der Waals surface area (Å²) in [5.41, 5.74) is 4.11. The van der Waals surface area contributed by atoms with E-state index in [4.69, 9.17) is 0 Å². The number of nitrogens with one attached hydrogen (secondary N) is 2. The second-order valence-electron chi connectivity index (χ2n) is 6.38. The number of aromatic nitrogens is 1. The van der Waals surface area contributed by atoms with Crippen molar-refractivity contribution in [1.82, 2.24) is 10.3 Å². The van der Waals surface area contributed by atoms with Gasteiger partial charge >= 0.3 is 11.8 Å². The van der Waals surface area contributed by atoms with Crippen molar-refractivity contribution in [2.75, 3.05) is 11.9 Å². The summed E-state index contributed by atoms with van der Waals surface area (Å²) < 4.78 is 13.0. The highest BCUT2D eigenvalue weighted by Crippen LogP contribution is 2.24. The first-order valence-corrected chi connectivity index (χ1v) is 9.68. The van der Waals surface area contributed by atoms with E-state index in [1.54, 1.807) is 12.1 Å². The summed E-state index contributed by atoms with van der Waals surface area (Å²) in [4.78, 5) is 28.6. The third-order valence-corrected chi connectivity index (χ3v) is 5.18. The van der Waals surface area contributed by atoms with Gasteiger partial charge in [-0.2, -0.15) is 0 Å². The molecule has 2 N–H and O–H groups in total. The standard InChI is InChI=1S/C21H20FN3O2S/c1-13-4-3-5-14(2)18(13)25-20(27)19(26)23-11-10-17-12-28-21(24-17)15-6-8-16(22)9-7-15/h3-9,12H,10-11H2,1-2H3,(H,23,26)(H,25,27). The molecular formula is C21H20FN3O2S. The van der Waals surface area contributed by atoms with Crippen molar-refractivity contribution in [1.29, 1.82) is 0 Å². The number of para-hydroxylation sites is 1. The molecule has 2 aromatic carbocycles. The van der Waals surface area contributed by atoms with Gasteiger partial charge in [-0.15, -0.1) is 11.3 Å². The summed E-state index contributed by atoms with van der Waals surface area (Å²) in [5.74, 6) is -1.67. The maximum Gasteiger partial charge on any atom is 0.313 e. The van der Waals surface area contributed by atoms with Gasteiger partial charge in [0, 0.05) is 29.6 Å². The highest BCUT2D eigenvalue weighted by atomic mass is 32.1. The van der Waals surface area contributed by atoms with E-state index >= 15 is 0 Å². The van der Waals surface area contributed by atoms with Crippen molar-refractivity contribution in [2.45, 2.75) is 20.3 Å². The topological polar surface area (TPSA) is 71.1 Å². The molecule has 28 heavy (non-hydrogen) atoms. The first-order chi connectivity index (χ1) is 13.4. The maximum absolute atomic E-state index is 13.0. The molecule has 7 heteroatoms. The summed E-state index contributed by atoms with van der Waals surface area (Å²) >= 11 is 1.45. The predicted molar refractivity (Wildman–Crippen MR) is 109 cm³/mol. The van der Waals surface area contributed by atoms with Gasteiger partial charge in [-0.3, -0.25) is 9.59 Å². The molecular weight excluding hydrogens is 377 g/mol. The molecule has 0 fully saturated rings. The van der Waals surface area contributed by atoms with Crippen LogP contribution in [0.3, 0.4) is 0 Å². The number of amides is 2. The summed E-state index contributed by atoms with van der Waals surface area (Å²) in [5, 5.41) is 7.95. The average Bonchev–Trinajstić information content (AvgIpc) is 3.14. The van der Waals surface area contributed by atoms with Crippen LogP contribution in [0.25, 0.3) is 10.6 Å². The molecule has 144 valence electrons. The van der Waals surface area contributed by atoms with Crippen LogP contribution < -0.4 is 10.6 Å². The molecule has 1 aromatic heterocycles. The number of hydrogen-bond acceptors (Lipinski definition) is 4. The minimum absolute atomic E-state index is 0.289. The van der Waals surface area contributed by atoms with Gasteiger partial charge in [0.05, 0.1) is 5.69 Å². The van der Waals surface area contributed by atoms with Crippen molar-refractivity contribution < 1.29 is 14.0 Å². The first kappa shape index (κ1) is 19.7. The molecule has 1 heterocycles. The molecule has 3 aromatic rings. The van der Waals surface area contributed by atoms with Crippen LogP contribution >= 0.6 is 11.3 Å². The Morgan fingerprint density at radius 2 is 1.71 bits per heavy atom. The van der Waals surface area contributed by atoms with Gasteiger partial charge in [-0.25, -0.2) is 9.37 Å². The summed E-state index contributed by atoms with van der Waals surface area (Å²) in [6, 6.07) is 11.8. The number of thiazole rings is 1. The minimum atomic E-state index is -0.692. The Morgan fingerprint density at radius 3 is 2.39 bits per heavy atom. The molecule has 5 nitrogen and oxygen atoms in total. The third kappa shape index (κ3) is 4.80. The van der Waals surface area contributed by atoms with Crippen molar-refractivity contribution in [3.8, 4) is 10.6 Å². The van der Waals surface area contributed by atoms with E-state index in [0.29, 0.717) is 18.7 Å². The number of aryl methyl sites for hydroxylation is 2. The second-order valence-corrected chi connectivity index (χ2v) is 7.24. The van der Waals surface area contributed by atoms with Gasteiger partial charge in [-0.05, 0) is 49.2 Å². The second kappa shape index (κ2) is 8.75. The molecule has 0 saturated heterocycles. The van der Waals surface area contributed by atoms with Crippen LogP contribution in [0.1, 0.15) is 16.8 Å². The van der Waals surface area contributed by atoms with E-state index < -0.39 is 11.8 Å². The molecule has 0 saturated carbocycles. The lowest BCUT2D eigenvalue weighted by molar-refractivity contribution is -0.136. The van der Waals surface area contributed by atoms with E-state index in [1.807, 2.05) is 37.4 Å². The zero-order chi connectivity index (χ0) is 20.1.